The largest absolute Gasteiger partial charge is 0.494 e. The summed E-state index contributed by atoms with van der Waals surface area (Å²) in [5, 5.41) is 0. The van der Waals surface area contributed by atoms with E-state index < -0.39 is 0 Å². The number of benzene rings is 1. The standard InChI is InChI=1S/C14H21NO3/c1-3-8-18-13-6-4-11(5-7-13)14(16)9-12(15)10-17-2/h4-7,12H,3,8-10,15H2,1-2H3. The highest BCUT2D eigenvalue weighted by molar-refractivity contribution is 5.96. The normalized spacial score (nSPS) is 12.2. The van der Waals surface area contributed by atoms with E-state index in [4.69, 9.17) is 15.2 Å². The average Bonchev–Trinajstić information content (AvgIpc) is 2.37. The van der Waals surface area contributed by atoms with Gasteiger partial charge < -0.3 is 15.2 Å². The molecular weight excluding hydrogens is 230 g/mol. The first-order valence-electron chi connectivity index (χ1n) is 6.18. The maximum atomic E-state index is 11.9. The highest BCUT2D eigenvalue weighted by Gasteiger charge is 2.11. The molecule has 4 nitrogen and oxygen atoms in total. The molecule has 0 amide bonds. The van der Waals surface area contributed by atoms with Gasteiger partial charge in [0.15, 0.2) is 5.78 Å². The molecule has 0 bridgehead atoms. The van der Waals surface area contributed by atoms with Gasteiger partial charge in [-0.3, -0.25) is 4.79 Å². The Balaban J connectivity index is 2.53. The second kappa shape index (κ2) is 7.84. The molecule has 0 fully saturated rings. The van der Waals surface area contributed by atoms with Crippen LogP contribution >= 0.6 is 0 Å². The van der Waals surface area contributed by atoms with Gasteiger partial charge in [-0.25, -0.2) is 0 Å². The summed E-state index contributed by atoms with van der Waals surface area (Å²) in [7, 11) is 1.57. The van der Waals surface area contributed by atoms with Crippen LogP contribution in [-0.4, -0.2) is 32.1 Å². The van der Waals surface area contributed by atoms with Crippen molar-refractivity contribution in [1.29, 1.82) is 0 Å². The number of carbonyl (C=O) groups is 1. The van der Waals surface area contributed by atoms with E-state index in [0.29, 0.717) is 25.2 Å². The van der Waals surface area contributed by atoms with Gasteiger partial charge in [-0.1, -0.05) is 6.92 Å². The number of carbonyl (C=O) groups excluding carboxylic acids is 1. The summed E-state index contributed by atoms with van der Waals surface area (Å²) in [6.07, 6.45) is 1.26. The fourth-order valence-corrected chi connectivity index (χ4v) is 1.59. The topological polar surface area (TPSA) is 61.5 Å². The van der Waals surface area contributed by atoms with Crippen LogP contribution in [0, 0.1) is 0 Å². The van der Waals surface area contributed by atoms with Crippen molar-refractivity contribution in [2.45, 2.75) is 25.8 Å². The molecule has 1 rings (SSSR count). The highest BCUT2D eigenvalue weighted by Crippen LogP contribution is 2.14. The molecule has 0 aliphatic carbocycles. The van der Waals surface area contributed by atoms with Gasteiger partial charge in [-0.15, -0.1) is 0 Å². The van der Waals surface area contributed by atoms with Crippen LogP contribution in [0.2, 0.25) is 0 Å². The molecule has 4 heteroatoms. The predicted octanol–water partition coefficient (Wildman–Crippen LogP) is 2.02. The van der Waals surface area contributed by atoms with E-state index in [9.17, 15) is 4.79 Å². The van der Waals surface area contributed by atoms with Crippen LogP contribution in [0.1, 0.15) is 30.1 Å². The summed E-state index contributed by atoms with van der Waals surface area (Å²) < 4.78 is 10.4. The minimum absolute atomic E-state index is 0.0293. The Morgan fingerprint density at radius 1 is 1.33 bits per heavy atom. The molecule has 2 N–H and O–H groups in total. The van der Waals surface area contributed by atoms with Crippen molar-refractivity contribution in [2.75, 3.05) is 20.3 Å². The molecular formula is C14H21NO3. The number of hydrogen-bond acceptors (Lipinski definition) is 4. The lowest BCUT2D eigenvalue weighted by atomic mass is 10.0. The number of rotatable bonds is 8. The van der Waals surface area contributed by atoms with Crippen LogP contribution in [0.4, 0.5) is 0 Å². The van der Waals surface area contributed by atoms with Crippen molar-refractivity contribution < 1.29 is 14.3 Å². The van der Waals surface area contributed by atoms with Crippen LogP contribution in [0.3, 0.4) is 0 Å². The number of hydrogen-bond donors (Lipinski definition) is 1. The zero-order valence-corrected chi connectivity index (χ0v) is 11.0. The van der Waals surface area contributed by atoms with Crippen molar-refractivity contribution in [2.24, 2.45) is 5.73 Å². The molecule has 0 heterocycles. The van der Waals surface area contributed by atoms with Crippen LogP contribution in [-0.2, 0) is 4.74 Å². The van der Waals surface area contributed by atoms with Gasteiger partial charge in [0.05, 0.1) is 13.2 Å². The average molecular weight is 251 g/mol. The summed E-state index contributed by atoms with van der Waals surface area (Å²) in [6, 6.07) is 6.91. The Hall–Kier alpha value is -1.39. The summed E-state index contributed by atoms with van der Waals surface area (Å²) in [6.45, 7) is 3.13. The van der Waals surface area contributed by atoms with Gasteiger partial charge >= 0.3 is 0 Å². The van der Waals surface area contributed by atoms with Crippen molar-refractivity contribution in [1.82, 2.24) is 0 Å². The van der Waals surface area contributed by atoms with E-state index in [2.05, 4.69) is 6.92 Å². The number of methoxy groups -OCH3 is 1. The van der Waals surface area contributed by atoms with Crippen LogP contribution < -0.4 is 10.5 Å². The maximum absolute atomic E-state index is 11.9. The van der Waals surface area contributed by atoms with Gasteiger partial charge in [0.25, 0.3) is 0 Å². The van der Waals surface area contributed by atoms with Crippen molar-refractivity contribution in [3.8, 4) is 5.75 Å². The summed E-state index contributed by atoms with van der Waals surface area (Å²) in [4.78, 5) is 11.9. The van der Waals surface area contributed by atoms with Gasteiger partial charge in [0.1, 0.15) is 5.75 Å². The smallest absolute Gasteiger partial charge is 0.164 e. The molecule has 0 spiro atoms. The lowest BCUT2D eigenvalue weighted by Gasteiger charge is -2.10. The highest BCUT2D eigenvalue weighted by atomic mass is 16.5. The molecule has 0 radical (unpaired) electrons. The van der Waals surface area contributed by atoms with Crippen LogP contribution in [0.15, 0.2) is 24.3 Å². The van der Waals surface area contributed by atoms with E-state index >= 15 is 0 Å². The molecule has 0 saturated heterocycles. The van der Waals surface area contributed by atoms with Crippen LogP contribution in [0.25, 0.3) is 0 Å². The van der Waals surface area contributed by atoms with Gasteiger partial charge in [-0.2, -0.15) is 0 Å². The Kier molecular flexibility index (Phi) is 6.39. The SMILES string of the molecule is CCCOc1ccc(C(=O)CC(N)COC)cc1. The molecule has 18 heavy (non-hydrogen) atoms. The lowest BCUT2D eigenvalue weighted by Crippen LogP contribution is -2.28. The molecule has 1 aromatic rings. The van der Waals surface area contributed by atoms with E-state index in [1.807, 2.05) is 12.1 Å². The zero-order chi connectivity index (χ0) is 13.4. The Morgan fingerprint density at radius 2 is 2.00 bits per heavy atom. The first-order chi connectivity index (χ1) is 8.67. The zero-order valence-electron chi connectivity index (χ0n) is 11.0. The molecule has 0 aliphatic rings. The second-order valence-electron chi connectivity index (χ2n) is 4.22. The first-order valence-corrected chi connectivity index (χ1v) is 6.18. The Morgan fingerprint density at radius 3 is 2.56 bits per heavy atom. The third-order valence-corrected chi connectivity index (χ3v) is 2.48. The van der Waals surface area contributed by atoms with Crippen LogP contribution in [0.5, 0.6) is 5.75 Å². The number of Topliss-reactive ketones (excluding diaryl/α,β-unsaturated/α-hetero) is 1. The molecule has 1 aromatic carbocycles. The van der Waals surface area contributed by atoms with E-state index in [1.54, 1.807) is 19.2 Å². The minimum atomic E-state index is -0.251. The van der Waals surface area contributed by atoms with E-state index in [1.165, 1.54) is 0 Å². The summed E-state index contributed by atoms with van der Waals surface area (Å²) in [5.41, 5.74) is 6.41. The molecule has 1 unspecified atom stereocenters. The Labute approximate surface area is 108 Å². The molecule has 0 saturated carbocycles. The third kappa shape index (κ3) is 4.85. The molecule has 100 valence electrons. The van der Waals surface area contributed by atoms with Gasteiger partial charge in [0, 0.05) is 25.1 Å². The molecule has 0 aliphatic heterocycles. The van der Waals surface area contributed by atoms with Crippen molar-refractivity contribution in [3.63, 3.8) is 0 Å². The first kappa shape index (κ1) is 14.7. The van der Waals surface area contributed by atoms with Gasteiger partial charge in [0.2, 0.25) is 0 Å². The quantitative estimate of drug-likeness (QED) is 0.718. The third-order valence-electron chi connectivity index (χ3n) is 2.48. The molecule has 1 atom stereocenters. The minimum Gasteiger partial charge on any atom is -0.494 e. The maximum Gasteiger partial charge on any atom is 0.164 e. The lowest BCUT2D eigenvalue weighted by molar-refractivity contribution is 0.0949. The second-order valence-corrected chi connectivity index (χ2v) is 4.22. The van der Waals surface area contributed by atoms with Crippen molar-refractivity contribution in [3.05, 3.63) is 29.8 Å². The fraction of sp³-hybridized carbons (Fsp3) is 0.500. The van der Waals surface area contributed by atoms with Gasteiger partial charge in [-0.05, 0) is 30.7 Å². The summed E-state index contributed by atoms with van der Waals surface area (Å²) in [5.74, 6) is 0.816. The number of ketones is 1. The number of nitrogens with two attached hydrogens (primary N) is 1. The number of ether oxygens (including phenoxy) is 2. The van der Waals surface area contributed by atoms with Crippen molar-refractivity contribution >= 4 is 5.78 Å². The predicted molar refractivity (Wildman–Crippen MR) is 71.0 cm³/mol. The summed E-state index contributed by atoms with van der Waals surface area (Å²) >= 11 is 0. The monoisotopic (exact) mass is 251 g/mol. The molecule has 0 aromatic heterocycles. The van der Waals surface area contributed by atoms with E-state index in [-0.39, 0.29) is 11.8 Å². The van der Waals surface area contributed by atoms with E-state index in [0.717, 1.165) is 12.2 Å². The fourth-order valence-electron chi connectivity index (χ4n) is 1.59. The Bertz CT molecular complexity index is 362.